The summed E-state index contributed by atoms with van der Waals surface area (Å²) in [6.07, 6.45) is 18.5. The molecule has 0 aromatic carbocycles. The second-order valence-corrected chi connectivity index (χ2v) is 9.24. The highest BCUT2D eigenvalue weighted by atomic mass is 32.2. The minimum absolute atomic E-state index is 0.479. The molecule has 2 heterocycles. The Kier molecular flexibility index (Phi) is 8.08. The molecule has 2 rings (SSSR count). The molecule has 1 aliphatic rings. The van der Waals surface area contributed by atoms with Crippen LogP contribution in [-0.2, 0) is 6.54 Å². The maximum atomic E-state index is 4.16. The molecule has 0 bridgehead atoms. The van der Waals surface area contributed by atoms with Crippen LogP contribution in [-0.4, -0.2) is 25.1 Å². The molecule has 1 aliphatic heterocycles. The van der Waals surface area contributed by atoms with Crippen LogP contribution in [0.4, 0.5) is 0 Å². The van der Waals surface area contributed by atoms with E-state index in [0.717, 1.165) is 6.54 Å². The standard InChI is InChI=1S/C17H30N2S2/c1-2-3-4-5-6-7-9-17(20-14-8-15-21-17)10-12-19-13-11-18-16-19/h11,13,16H,2-10,12,14-15H2,1H3. The van der Waals surface area contributed by atoms with Gasteiger partial charge in [0.25, 0.3) is 0 Å². The summed E-state index contributed by atoms with van der Waals surface area (Å²) in [7, 11) is 0. The van der Waals surface area contributed by atoms with E-state index in [2.05, 4.69) is 46.2 Å². The zero-order chi connectivity index (χ0) is 14.8. The van der Waals surface area contributed by atoms with E-state index in [0.29, 0.717) is 4.08 Å². The van der Waals surface area contributed by atoms with Gasteiger partial charge in [0.1, 0.15) is 0 Å². The smallest absolute Gasteiger partial charge is 0.0945 e. The zero-order valence-electron chi connectivity index (χ0n) is 13.4. The van der Waals surface area contributed by atoms with E-state index in [4.69, 9.17) is 0 Å². The molecule has 0 aliphatic carbocycles. The van der Waals surface area contributed by atoms with Gasteiger partial charge in [-0.15, -0.1) is 23.5 Å². The van der Waals surface area contributed by atoms with E-state index < -0.39 is 0 Å². The van der Waals surface area contributed by atoms with Crippen molar-refractivity contribution in [3.8, 4) is 0 Å². The van der Waals surface area contributed by atoms with Gasteiger partial charge < -0.3 is 4.57 Å². The van der Waals surface area contributed by atoms with Gasteiger partial charge in [0.05, 0.1) is 10.4 Å². The number of hydrogen-bond donors (Lipinski definition) is 0. The molecular weight excluding hydrogens is 296 g/mol. The molecule has 0 unspecified atom stereocenters. The van der Waals surface area contributed by atoms with Crippen molar-refractivity contribution >= 4 is 23.5 Å². The third-order valence-electron chi connectivity index (χ3n) is 4.24. The van der Waals surface area contributed by atoms with Crippen LogP contribution >= 0.6 is 23.5 Å². The second kappa shape index (κ2) is 9.83. The summed E-state index contributed by atoms with van der Waals surface area (Å²) in [4.78, 5) is 4.16. The first-order valence-corrected chi connectivity index (χ1v) is 10.6. The van der Waals surface area contributed by atoms with Crippen LogP contribution in [0.5, 0.6) is 0 Å². The van der Waals surface area contributed by atoms with Gasteiger partial charge >= 0.3 is 0 Å². The summed E-state index contributed by atoms with van der Waals surface area (Å²) >= 11 is 4.46. The van der Waals surface area contributed by atoms with Gasteiger partial charge in [0, 0.05) is 18.9 Å². The molecule has 21 heavy (non-hydrogen) atoms. The number of imidazole rings is 1. The third-order valence-corrected chi connectivity index (χ3v) is 7.80. The molecule has 0 radical (unpaired) electrons. The minimum atomic E-state index is 0.479. The van der Waals surface area contributed by atoms with E-state index >= 15 is 0 Å². The quantitative estimate of drug-likeness (QED) is 0.522. The molecule has 0 N–H and O–H groups in total. The maximum absolute atomic E-state index is 4.16. The predicted octanol–water partition coefficient (Wildman–Crippen LogP) is 5.59. The van der Waals surface area contributed by atoms with Gasteiger partial charge in [-0.05, 0) is 30.8 Å². The number of unbranched alkanes of at least 4 members (excludes halogenated alkanes) is 5. The van der Waals surface area contributed by atoms with Crippen molar-refractivity contribution in [1.29, 1.82) is 0 Å². The minimum Gasteiger partial charge on any atom is -0.337 e. The van der Waals surface area contributed by atoms with Gasteiger partial charge in [-0.1, -0.05) is 45.4 Å². The third kappa shape index (κ3) is 6.27. The number of hydrogen-bond acceptors (Lipinski definition) is 3. The average Bonchev–Trinajstić information content (AvgIpc) is 3.03. The number of nitrogens with zero attached hydrogens (tertiary/aromatic N) is 2. The van der Waals surface area contributed by atoms with Gasteiger partial charge in [-0.25, -0.2) is 4.98 Å². The molecule has 0 amide bonds. The summed E-state index contributed by atoms with van der Waals surface area (Å²) in [6.45, 7) is 3.41. The first-order chi connectivity index (χ1) is 10.3. The average molecular weight is 327 g/mol. The lowest BCUT2D eigenvalue weighted by Gasteiger charge is -2.36. The molecule has 0 saturated carbocycles. The first-order valence-electron chi connectivity index (χ1n) is 8.58. The topological polar surface area (TPSA) is 17.8 Å². The van der Waals surface area contributed by atoms with Gasteiger partial charge in [-0.2, -0.15) is 0 Å². The fourth-order valence-electron chi connectivity index (χ4n) is 2.92. The van der Waals surface area contributed by atoms with Crippen LogP contribution in [0.15, 0.2) is 18.7 Å². The van der Waals surface area contributed by atoms with Gasteiger partial charge in [0.2, 0.25) is 0 Å². The highest BCUT2D eigenvalue weighted by molar-refractivity contribution is 8.18. The largest absolute Gasteiger partial charge is 0.337 e. The van der Waals surface area contributed by atoms with Crippen LogP contribution in [0.25, 0.3) is 0 Å². The zero-order valence-corrected chi connectivity index (χ0v) is 15.1. The van der Waals surface area contributed by atoms with Crippen molar-refractivity contribution < 1.29 is 0 Å². The van der Waals surface area contributed by atoms with Crippen LogP contribution in [0.3, 0.4) is 0 Å². The Balaban J connectivity index is 1.73. The van der Waals surface area contributed by atoms with E-state index in [9.17, 15) is 0 Å². The lowest BCUT2D eigenvalue weighted by Crippen LogP contribution is -2.27. The first kappa shape index (κ1) is 17.3. The SMILES string of the molecule is CCCCCCCCC1(CCn2ccnc2)SCCCS1. The summed E-state index contributed by atoms with van der Waals surface area (Å²) in [5.41, 5.74) is 0. The number of aromatic nitrogens is 2. The summed E-state index contributed by atoms with van der Waals surface area (Å²) in [6, 6.07) is 0. The Morgan fingerprint density at radius 2 is 1.81 bits per heavy atom. The molecule has 0 atom stereocenters. The van der Waals surface area contributed by atoms with Crippen molar-refractivity contribution in [1.82, 2.24) is 9.55 Å². The normalized spacial score (nSPS) is 18.0. The Morgan fingerprint density at radius 3 is 2.52 bits per heavy atom. The van der Waals surface area contributed by atoms with Crippen LogP contribution in [0.1, 0.15) is 64.7 Å². The maximum Gasteiger partial charge on any atom is 0.0945 e. The molecule has 0 spiro atoms. The van der Waals surface area contributed by atoms with Crippen LogP contribution in [0, 0.1) is 0 Å². The summed E-state index contributed by atoms with van der Waals surface area (Å²) in [5.74, 6) is 2.71. The van der Waals surface area contributed by atoms with Gasteiger partial charge in [0.15, 0.2) is 0 Å². The lowest BCUT2D eigenvalue weighted by atomic mass is 10.1. The summed E-state index contributed by atoms with van der Waals surface area (Å²) in [5, 5.41) is 0. The Labute approximate surface area is 138 Å². The van der Waals surface area contributed by atoms with Crippen molar-refractivity contribution in [2.24, 2.45) is 0 Å². The molecule has 120 valence electrons. The molecule has 1 fully saturated rings. The number of aryl methyl sites for hydroxylation is 1. The monoisotopic (exact) mass is 326 g/mol. The Bertz CT molecular complexity index is 359. The molecule has 4 heteroatoms. The lowest BCUT2D eigenvalue weighted by molar-refractivity contribution is 0.526. The van der Waals surface area contributed by atoms with E-state index in [1.54, 1.807) is 0 Å². The highest BCUT2D eigenvalue weighted by Gasteiger charge is 2.32. The van der Waals surface area contributed by atoms with E-state index in [1.165, 1.54) is 69.3 Å². The molecule has 1 saturated heterocycles. The number of rotatable bonds is 10. The molecule has 1 aromatic rings. The second-order valence-electron chi connectivity index (χ2n) is 6.03. The summed E-state index contributed by atoms with van der Waals surface area (Å²) < 4.78 is 2.71. The molecule has 2 nitrogen and oxygen atoms in total. The van der Waals surface area contributed by atoms with Crippen LogP contribution in [0.2, 0.25) is 0 Å². The number of thioether (sulfide) groups is 2. The highest BCUT2D eigenvalue weighted by Crippen LogP contribution is 2.48. The van der Waals surface area contributed by atoms with Gasteiger partial charge in [-0.3, -0.25) is 0 Å². The van der Waals surface area contributed by atoms with Crippen molar-refractivity contribution in [3.63, 3.8) is 0 Å². The van der Waals surface area contributed by atoms with Crippen molar-refractivity contribution in [3.05, 3.63) is 18.7 Å². The predicted molar refractivity (Wildman–Crippen MR) is 97.1 cm³/mol. The van der Waals surface area contributed by atoms with Crippen molar-refractivity contribution in [2.75, 3.05) is 11.5 Å². The fraction of sp³-hybridized carbons (Fsp3) is 0.824. The van der Waals surface area contributed by atoms with E-state index in [1.807, 2.05) is 12.5 Å². The Morgan fingerprint density at radius 1 is 1.05 bits per heavy atom. The van der Waals surface area contributed by atoms with Crippen LogP contribution < -0.4 is 0 Å². The molecule has 1 aromatic heterocycles. The fourth-order valence-corrected chi connectivity index (χ4v) is 6.31. The van der Waals surface area contributed by atoms with E-state index in [-0.39, 0.29) is 0 Å². The van der Waals surface area contributed by atoms with Crippen molar-refractivity contribution in [2.45, 2.75) is 75.3 Å². The Hall–Kier alpha value is -0.0900. The molecular formula is C17H30N2S2.